The first-order valence-corrected chi connectivity index (χ1v) is 10.6. The Morgan fingerprint density at radius 1 is 1.00 bits per heavy atom. The first-order valence-electron chi connectivity index (χ1n) is 9.79. The average molecular weight is 475 g/mol. The molecular weight excluding hydrogens is 452 g/mol. The normalized spacial score (nSPS) is 12.7. The summed E-state index contributed by atoms with van der Waals surface area (Å²) in [5.41, 5.74) is 1.30. The zero-order valence-corrected chi connectivity index (χ0v) is 18.5. The van der Waals surface area contributed by atoms with Gasteiger partial charge in [0.15, 0.2) is 0 Å². The van der Waals surface area contributed by atoms with Gasteiger partial charge in [0.05, 0.1) is 30.0 Å². The van der Waals surface area contributed by atoms with E-state index in [9.17, 15) is 14.4 Å². The molecule has 158 valence electrons. The minimum absolute atomic E-state index is 0.154. The summed E-state index contributed by atoms with van der Waals surface area (Å²) in [6, 6.07) is 10.3. The lowest BCUT2D eigenvalue weighted by atomic mass is 10.1. The number of anilines is 1. The topological polar surface area (TPSA) is 84.9 Å². The van der Waals surface area contributed by atoms with Crippen LogP contribution in [0.25, 0.3) is 0 Å². The molecule has 1 N–H and O–H groups in total. The van der Waals surface area contributed by atoms with E-state index in [1.165, 1.54) is 4.90 Å². The van der Waals surface area contributed by atoms with E-state index in [1.807, 2.05) is 13.8 Å². The number of nitrogens with one attached hydrogen (secondary N) is 1. The van der Waals surface area contributed by atoms with E-state index >= 15 is 0 Å². The van der Waals surface area contributed by atoms with Gasteiger partial charge < -0.3 is 14.8 Å². The van der Waals surface area contributed by atoms with Crippen LogP contribution in [0.2, 0.25) is 0 Å². The lowest BCUT2D eigenvalue weighted by Gasteiger charge is -2.15. The van der Waals surface area contributed by atoms with Gasteiger partial charge in [-0.25, -0.2) is 0 Å². The molecule has 0 bridgehead atoms. The molecule has 1 aliphatic heterocycles. The Labute approximate surface area is 183 Å². The van der Waals surface area contributed by atoms with Crippen LogP contribution in [0, 0.1) is 0 Å². The SMILES string of the molecule is CCOc1ccc(OCC)c(NC(=O)CCCN2C(=O)c3ccc(Br)cc3C2=O)c1. The first kappa shape index (κ1) is 21.8. The molecule has 7 nitrogen and oxygen atoms in total. The van der Waals surface area contributed by atoms with Crippen molar-refractivity contribution < 1.29 is 23.9 Å². The Hall–Kier alpha value is -2.87. The number of halogens is 1. The van der Waals surface area contributed by atoms with Crippen molar-refractivity contribution in [3.05, 3.63) is 52.0 Å². The summed E-state index contributed by atoms with van der Waals surface area (Å²) in [5.74, 6) is 0.295. The van der Waals surface area contributed by atoms with E-state index in [0.29, 0.717) is 47.9 Å². The highest BCUT2D eigenvalue weighted by Gasteiger charge is 2.35. The molecule has 0 fully saturated rings. The molecule has 0 aromatic heterocycles. The molecule has 2 aromatic carbocycles. The highest BCUT2D eigenvalue weighted by molar-refractivity contribution is 9.10. The van der Waals surface area contributed by atoms with Gasteiger partial charge in [-0.3, -0.25) is 19.3 Å². The maximum absolute atomic E-state index is 12.5. The van der Waals surface area contributed by atoms with Gasteiger partial charge >= 0.3 is 0 Å². The van der Waals surface area contributed by atoms with Crippen molar-refractivity contribution in [2.24, 2.45) is 0 Å². The minimum atomic E-state index is -0.334. The van der Waals surface area contributed by atoms with Gasteiger partial charge in [-0.2, -0.15) is 0 Å². The van der Waals surface area contributed by atoms with Gasteiger partial charge in [0, 0.05) is 23.5 Å². The highest BCUT2D eigenvalue weighted by atomic mass is 79.9. The average Bonchev–Trinajstić information content (AvgIpc) is 2.94. The van der Waals surface area contributed by atoms with E-state index < -0.39 is 0 Å². The predicted octanol–water partition coefficient (Wildman–Crippen LogP) is 4.26. The number of hydrogen-bond donors (Lipinski definition) is 1. The van der Waals surface area contributed by atoms with Crippen LogP contribution in [0.5, 0.6) is 11.5 Å². The number of hydrogen-bond acceptors (Lipinski definition) is 5. The molecule has 0 atom stereocenters. The molecule has 8 heteroatoms. The summed E-state index contributed by atoms with van der Waals surface area (Å²) < 4.78 is 11.8. The Bertz CT molecular complexity index is 976. The number of imide groups is 1. The van der Waals surface area contributed by atoms with Gasteiger partial charge in [-0.15, -0.1) is 0 Å². The molecule has 0 saturated carbocycles. The third kappa shape index (κ3) is 4.81. The van der Waals surface area contributed by atoms with Crippen LogP contribution in [0.3, 0.4) is 0 Å². The number of amides is 3. The second-order valence-corrected chi connectivity index (χ2v) is 7.54. The van der Waals surface area contributed by atoms with Gasteiger partial charge in [0.25, 0.3) is 11.8 Å². The van der Waals surface area contributed by atoms with Crippen molar-refractivity contribution in [2.75, 3.05) is 25.1 Å². The van der Waals surface area contributed by atoms with Crippen molar-refractivity contribution >= 4 is 39.3 Å². The lowest BCUT2D eigenvalue weighted by Crippen LogP contribution is -2.31. The van der Waals surface area contributed by atoms with Crippen LogP contribution in [0.4, 0.5) is 5.69 Å². The first-order chi connectivity index (χ1) is 14.4. The maximum atomic E-state index is 12.5. The fourth-order valence-electron chi connectivity index (χ4n) is 3.22. The van der Waals surface area contributed by atoms with E-state index in [2.05, 4.69) is 21.2 Å². The van der Waals surface area contributed by atoms with Crippen molar-refractivity contribution in [1.82, 2.24) is 4.90 Å². The summed E-state index contributed by atoms with van der Waals surface area (Å²) >= 11 is 3.31. The number of carbonyl (C=O) groups is 3. The van der Waals surface area contributed by atoms with Gasteiger partial charge in [-0.1, -0.05) is 15.9 Å². The zero-order valence-electron chi connectivity index (χ0n) is 16.9. The molecule has 0 spiro atoms. The van der Waals surface area contributed by atoms with Crippen LogP contribution < -0.4 is 14.8 Å². The van der Waals surface area contributed by atoms with E-state index in [4.69, 9.17) is 9.47 Å². The standard InChI is InChI=1S/C22H23BrN2O5/c1-3-29-15-8-10-19(30-4-2)18(13-15)24-20(26)6-5-11-25-21(27)16-9-7-14(23)12-17(16)22(25)28/h7-10,12-13H,3-6,11H2,1-2H3,(H,24,26). The largest absolute Gasteiger partial charge is 0.494 e. The quantitative estimate of drug-likeness (QED) is 0.548. The van der Waals surface area contributed by atoms with Crippen LogP contribution in [-0.2, 0) is 4.79 Å². The molecule has 30 heavy (non-hydrogen) atoms. The van der Waals surface area contributed by atoms with E-state index in [1.54, 1.807) is 36.4 Å². The second kappa shape index (κ2) is 9.75. The molecule has 0 unspecified atom stereocenters. The van der Waals surface area contributed by atoms with Crippen LogP contribution in [-0.4, -0.2) is 42.4 Å². The number of benzene rings is 2. The molecule has 0 radical (unpaired) electrons. The number of rotatable bonds is 9. The maximum Gasteiger partial charge on any atom is 0.261 e. The smallest absolute Gasteiger partial charge is 0.261 e. The third-order valence-electron chi connectivity index (χ3n) is 4.55. The summed E-state index contributed by atoms with van der Waals surface area (Å²) in [6.07, 6.45) is 0.509. The molecule has 2 aromatic rings. The molecule has 1 heterocycles. The predicted molar refractivity (Wildman–Crippen MR) is 116 cm³/mol. The number of carbonyl (C=O) groups excluding carboxylic acids is 3. The van der Waals surface area contributed by atoms with Crippen LogP contribution >= 0.6 is 15.9 Å². The fourth-order valence-corrected chi connectivity index (χ4v) is 3.58. The molecule has 1 aliphatic rings. The fraction of sp³-hybridized carbons (Fsp3) is 0.318. The molecule has 3 amide bonds. The van der Waals surface area contributed by atoms with E-state index in [-0.39, 0.29) is 30.7 Å². The second-order valence-electron chi connectivity index (χ2n) is 6.63. The summed E-state index contributed by atoms with van der Waals surface area (Å²) in [4.78, 5) is 38.6. The van der Waals surface area contributed by atoms with Crippen LogP contribution in [0.15, 0.2) is 40.9 Å². The van der Waals surface area contributed by atoms with Gasteiger partial charge in [-0.05, 0) is 50.6 Å². The summed E-state index contributed by atoms with van der Waals surface area (Å²) in [7, 11) is 0. The zero-order chi connectivity index (χ0) is 21.7. The number of fused-ring (bicyclic) bond motifs is 1. The van der Waals surface area contributed by atoms with Crippen LogP contribution in [0.1, 0.15) is 47.4 Å². The Kier molecular flexibility index (Phi) is 7.10. The van der Waals surface area contributed by atoms with Crippen molar-refractivity contribution in [3.8, 4) is 11.5 Å². The van der Waals surface area contributed by atoms with Crippen molar-refractivity contribution in [1.29, 1.82) is 0 Å². The molecular formula is C22H23BrN2O5. The lowest BCUT2D eigenvalue weighted by molar-refractivity contribution is -0.116. The summed E-state index contributed by atoms with van der Waals surface area (Å²) in [6.45, 7) is 4.90. The molecule has 0 saturated heterocycles. The monoisotopic (exact) mass is 474 g/mol. The number of ether oxygens (including phenoxy) is 2. The molecule has 3 rings (SSSR count). The van der Waals surface area contributed by atoms with Gasteiger partial charge in [0.2, 0.25) is 5.91 Å². The van der Waals surface area contributed by atoms with E-state index in [0.717, 1.165) is 4.47 Å². The van der Waals surface area contributed by atoms with Crippen molar-refractivity contribution in [2.45, 2.75) is 26.7 Å². The minimum Gasteiger partial charge on any atom is -0.494 e. The Morgan fingerprint density at radius 3 is 2.47 bits per heavy atom. The van der Waals surface area contributed by atoms with Crippen molar-refractivity contribution in [3.63, 3.8) is 0 Å². The van der Waals surface area contributed by atoms with Gasteiger partial charge in [0.1, 0.15) is 11.5 Å². The highest BCUT2D eigenvalue weighted by Crippen LogP contribution is 2.30. The molecule has 0 aliphatic carbocycles. The summed E-state index contributed by atoms with van der Waals surface area (Å²) in [5, 5.41) is 2.83. The Morgan fingerprint density at radius 2 is 1.73 bits per heavy atom. The Balaban J connectivity index is 1.59. The third-order valence-corrected chi connectivity index (χ3v) is 5.05. The number of nitrogens with zero attached hydrogens (tertiary/aromatic N) is 1.